The third-order valence-electron chi connectivity index (χ3n) is 5.14. The van der Waals surface area contributed by atoms with Crippen molar-refractivity contribution in [3.8, 4) is 5.75 Å². The van der Waals surface area contributed by atoms with Crippen LogP contribution in [-0.2, 0) is 20.7 Å². The van der Waals surface area contributed by atoms with Gasteiger partial charge in [-0.05, 0) is 30.5 Å². The van der Waals surface area contributed by atoms with Crippen LogP contribution in [0.2, 0.25) is 0 Å². The Hall–Kier alpha value is -2.12. The van der Waals surface area contributed by atoms with Gasteiger partial charge in [0.25, 0.3) is 0 Å². The summed E-state index contributed by atoms with van der Waals surface area (Å²) < 4.78 is 10.5. The van der Waals surface area contributed by atoms with Gasteiger partial charge in [-0.25, -0.2) is 0 Å². The molecule has 1 aromatic carbocycles. The number of morpholine rings is 1. The largest absolute Gasteiger partial charge is 0.497 e. The number of carbonyl (C=O) groups is 2. The first-order valence-electron chi connectivity index (χ1n) is 9.66. The fraction of sp³-hybridized carbons (Fsp3) is 0.600. The molecule has 2 fully saturated rings. The van der Waals surface area contributed by atoms with E-state index in [1.165, 1.54) is 0 Å². The Bertz CT molecular complexity index is 646. The number of benzene rings is 1. The highest BCUT2D eigenvalue weighted by Gasteiger charge is 2.47. The number of methoxy groups -OCH3 is 1. The molecule has 7 nitrogen and oxygen atoms in total. The molecule has 2 N–H and O–H groups in total. The number of amides is 2. The monoisotopic (exact) mass is 375 g/mol. The standard InChI is InChI=1S/C20H29N3O4/c1-26-16-4-2-3-15(13-16)5-6-21-19(24)17-14-18(17)20(25)22-7-8-23-9-11-27-12-10-23/h2-4,13,17-18H,5-12,14H2,1H3,(H,21,24)(H,22,25). The summed E-state index contributed by atoms with van der Waals surface area (Å²) >= 11 is 0. The van der Waals surface area contributed by atoms with Crippen LogP contribution in [0, 0.1) is 11.8 Å². The minimum absolute atomic E-state index is 0.00351. The summed E-state index contributed by atoms with van der Waals surface area (Å²) in [6, 6.07) is 7.81. The van der Waals surface area contributed by atoms with Crippen molar-refractivity contribution in [2.75, 3.05) is 53.0 Å². The van der Waals surface area contributed by atoms with Gasteiger partial charge in [-0.15, -0.1) is 0 Å². The van der Waals surface area contributed by atoms with Gasteiger partial charge >= 0.3 is 0 Å². The number of hydrogen-bond acceptors (Lipinski definition) is 5. The highest BCUT2D eigenvalue weighted by Crippen LogP contribution is 2.38. The second-order valence-electron chi connectivity index (χ2n) is 7.09. The van der Waals surface area contributed by atoms with Crippen LogP contribution in [-0.4, -0.2) is 69.8 Å². The minimum atomic E-state index is -0.182. The average Bonchev–Trinajstić information content (AvgIpc) is 3.50. The number of nitrogens with zero attached hydrogens (tertiary/aromatic N) is 1. The molecular weight excluding hydrogens is 346 g/mol. The van der Waals surface area contributed by atoms with Crippen molar-refractivity contribution in [1.29, 1.82) is 0 Å². The van der Waals surface area contributed by atoms with Crippen molar-refractivity contribution in [3.63, 3.8) is 0 Å². The van der Waals surface area contributed by atoms with E-state index in [1.807, 2.05) is 24.3 Å². The molecule has 0 aromatic heterocycles. The molecule has 1 saturated carbocycles. The third-order valence-corrected chi connectivity index (χ3v) is 5.14. The van der Waals surface area contributed by atoms with Gasteiger partial charge < -0.3 is 20.1 Å². The molecule has 1 heterocycles. The first kappa shape index (κ1) is 19.6. The lowest BCUT2D eigenvalue weighted by molar-refractivity contribution is -0.127. The lowest BCUT2D eigenvalue weighted by atomic mass is 10.1. The van der Waals surface area contributed by atoms with E-state index in [4.69, 9.17) is 9.47 Å². The number of hydrogen-bond donors (Lipinski definition) is 2. The topological polar surface area (TPSA) is 79.9 Å². The predicted molar refractivity (Wildman–Crippen MR) is 102 cm³/mol. The Morgan fingerprint density at radius 2 is 1.85 bits per heavy atom. The van der Waals surface area contributed by atoms with Crippen LogP contribution in [0.4, 0.5) is 0 Å². The van der Waals surface area contributed by atoms with E-state index in [0.29, 0.717) is 19.5 Å². The lowest BCUT2D eigenvalue weighted by Gasteiger charge is -2.26. The number of nitrogens with one attached hydrogen (secondary N) is 2. The first-order valence-corrected chi connectivity index (χ1v) is 9.66. The van der Waals surface area contributed by atoms with E-state index in [0.717, 1.165) is 50.6 Å². The Labute approximate surface area is 160 Å². The van der Waals surface area contributed by atoms with Crippen LogP contribution in [0.25, 0.3) is 0 Å². The summed E-state index contributed by atoms with van der Waals surface area (Å²) in [5, 5.41) is 5.90. The summed E-state index contributed by atoms with van der Waals surface area (Å²) in [6.45, 7) is 5.37. The quantitative estimate of drug-likeness (QED) is 0.655. The second-order valence-corrected chi connectivity index (χ2v) is 7.09. The maximum atomic E-state index is 12.2. The molecule has 7 heteroatoms. The molecule has 0 bridgehead atoms. The zero-order valence-corrected chi connectivity index (χ0v) is 15.9. The molecule has 2 unspecified atom stereocenters. The minimum Gasteiger partial charge on any atom is -0.497 e. The van der Waals surface area contributed by atoms with Crippen LogP contribution in [0.15, 0.2) is 24.3 Å². The van der Waals surface area contributed by atoms with Crippen LogP contribution in [0.3, 0.4) is 0 Å². The second kappa shape index (κ2) is 9.71. The van der Waals surface area contributed by atoms with Gasteiger partial charge in [0.15, 0.2) is 0 Å². The third kappa shape index (κ3) is 5.94. The van der Waals surface area contributed by atoms with E-state index >= 15 is 0 Å². The van der Waals surface area contributed by atoms with Crippen LogP contribution in [0.5, 0.6) is 5.75 Å². The van der Waals surface area contributed by atoms with E-state index in [9.17, 15) is 9.59 Å². The molecule has 148 valence electrons. The fourth-order valence-electron chi connectivity index (χ4n) is 3.36. The van der Waals surface area contributed by atoms with E-state index < -0.39 is 0 Å². The van der Waals surface area contributed by atoms with Crippen molar-refractivity contribution in [2.45, 2.75) is 12.8 Å². The first-order chi connectivity index (χ1) is 13.2. The molecule has 1 aromatic rings. The average molecular weight is 375 g/mol. The molecule has 2 amide bonds. The normalized spacial score (nSPS) is 22.1. The number of rotatable bonds is 9. The Morgan fingerprint density at radius 3 is 2.56 bits per heavy atom. The molecule has 2 atom stereocenters. The fourth-order valence-corrected chi connectivity index (χ4v) is 3.36. The van der Waals surface area contributed by atoms with Gasteiger partial charge in [-0.2, -0.15) is 0 Å². The lowest BCUT2D eigenvalue weighted by Crippen LogP contribution is -2.41. The predicted octanol–water partition coefficient (Wildman–Crippen LogP) is 0.438. The van der Waals surface area contributed by atoms with Crippen molar-refractivity contribution in [3.05, 3.63) is 29.8 Å². The van der Waals surface area contributed by atoms with E-state index in [2.05, 4.69) is 15.5 Å². The highest BCUT2D eigenvalue weighted by atomic mass is 16.5. The Balaban J connectivity index is 1.30. The van der Waals surface area contributed by atoms with Crippen molar-refractivity contribution in [2.24, 2.45) is 11.8 Å². The van der Waals surface area contributed by atoms with E-state index in [1.54, 1.807) is 7.11 Å². The van der Waals surface area contributed by atoms with Crippen LogP contribution in [0.1, 0.15) is 12.0 Å². The van der Waals surface area contributed by atoms with Crippen LogP contribution >= 0.6 is 0 Å². The van der Waals surface area contributed by atoms with Gasteiger partial charge in [0, 0.05) is 32.7 Å². The molecule has 2 aliphatic rings. The number of carbonyl (C=O) groups excluding carboxylic acids is 2. The van der Waals surface area contributed by atoms with E-state index in [-0.39, 0.29) is 23.7 Å². The Kier molecular flexibility index (Phi) is 7.06. The highest BCUT2D eigenvalue weighted by molar-refractivity contribution is 5.92. The molecule has 27 heavy (non-hydrogen) atoms. The summed E-state index contributed by atoms with van der Waals surface area (Å²) in [7, 11) is 1.64. The maximum Gasteiger partial charge on any atom is 0.223 e. The molecule has 1 aliphatic carbocycles. The van der Waals surface area contributed by atoms with Gasteiger partial charge in [0.2, 0.25) is 11.8 Å². The van der Waals surface area contributed by atoms with Crippen molar-refractivity contribution >= 4 is 11.8 Å². The summed E-state index contributed by atoms with van der Waals surface area (Å²) in [5.41, 5.74) is 1.11. The molecule has 0 radical (unpaired) electrons. The zero-order valence-electron chi connectivity index (χ0n) is 15.9. The smallest absolute Gasteiger partial charge is 0.223 e. The molecule has 3 rings (SSSR count). The molecular formula is C20H29N3O4. The molecule has 1 saturated heterocycles. The molecule has 0 spiro atoms. The molecule has 1 aliphatic heterocycles. The number of ether oxygens (including phenoxy) is 2. The summed E-state index contributed by atoms with van der Waals surface area (Å²) in [4.78, 5) is 26.7. The zero-order chi connectivity index (χ0) is 19.1. The summed E-state index contributed by atoms with van der Waals surface area (Å²) in [6.07, 6.45) is 1.39. The van der Waals surface area contributed by atoms with Gasteiger partial charge in [-0.3, -0.25) is 14.5 Å². The van der Waals surface area contributed by atoms with Gasteiger partial charge in [-0.1, -0.05) is 12.1 Å². The van der Waals surface area contributed by atoms with Crippen LogP contribution < -0.4 is 15.4 Å². The van der Waals surface area contributed by atoms with Crippen molar-refractivity contribution < 1.29 is 19.1 Å². The Morgan fingerprint density at radius 1 is 1.15 bits per heavy atom. The van der Waals surface area contributed by atoms with Gasteiger partial charge in [0.1, 0.15) is 5.75 Å². The maximum absolute atomic E-state index is 12.2. The van der Waals surface area contributed by atoms with Crippen molar-refractivity contribution in [1.82, 2.24) is 15.5 Å². The summed E-state index contributed by atoms with van der Waals surface area (Å²) in [5.74, 6) is 0.433. The SMILES string of the molecule is COc1cccc(CCNC(=O)C2CC2C(=O)NCCN2CCOCC2)c1. The van der Waals surface area contributed by atoms with Gasteiger partial charge in [0.05, 0.1) is 32.2 Å².